The zero-order valence-corrected chi connectivity index (χ0v) is 7.20. The Hall–Kier alpha value is 1.04. The van der Waals surface area contributed by atoms with Crippen LogP contribution >= 0.6 is 43.5 Å². The largest absolute Gasteiger partial charge is 0.358 e. The van der Waals surface area contributed by atoms with Crippen LogP contribution in [0, 0.1) is 0 Å². The van der Waals surface area contributed by atoms with Crippen LogP contribution in [-0.4, -0.2) is 8.87 Å². The first-order valence-corrected chi connectivity index (χ1v) is 3.35. The Morgan fingerprint density at radius 3 is 1.25 bits per heavy atom. The van der Waals surface area contributed by atoms with E-state index in [1.165, 1.54) is 0 Å². The molecule has 0 aliphatic heterocycles. The number of hydrogen-bond acceptors (Lipinski definition) is 0. The van der Waals surface area contributed by atoms with E-state index >= 15 is 0 Å². The van der Waals surface area contributed by atoms with Crippen LogP contribution in [0.3, 0.4) is 0 Å². The van der Waals surface area contributed by atoms with Crippen LogP contribution in [0.15, 0.2) is 0 Å². The molecule has 0 fully saturated rings. The van der Waals surface area contributed by atoms with Crippen LogP contribution in [0.2, 0.25) is 0 Å². The Morgan fingerprint density at radius 1 is 1.12 bits per heavy atom. The van der Waals surface area contributed by atoms with Crippen LogP contribution in [-0.2, 0) is 0 Å². The van der Waals surface area contributed by atoms with Crippen LogP contribution < -0.4 is 0 Å². The van der Waals surface area contributed by atoms with Gasteiger partial charge in [-0.3, -0.25) is 0 Å². The van der Waals surface area contributed by atoms with Crippen molar-refractivity contribution >= 4 is 43.5 Å². The minimum absolute atomic E-state index is 1.71. The van der Waals surface area contributed by atoms with Gasteiger partial charge in [-0.15, -0.1) is 0 Å². The van der Waals surface area contributed by atoms with Gasteiger partial charge in [-0.2, -0.15) is 8.78 Å². The average Bonchev–Trinajstić information content (AvgIpc) is 1.25. The fourth-order valence-electron chi connectivity index (χ4n) is 0. The first-order chi connectivity index (χ1) is 3.25. The molecule has 6 heteroatoms. The van der Waals surface area contributed by atoms with Gasteiger partial charge in [0, 0.05) is 0 Å². The summed E-state index contributed by atoms with van der Waals surface area (Å²) in [5.74, 6) is 0. The zero-order chi connectivity index (χ0) is 7.00. The van der Waals surface area contributed by atoms with E-state index in [0.717, 1.165) is 0 Å². The van der Waals surface area contributed by atoms with Gasteiger partial charge in [0.2, 0.25) is 0 Å². The monoisotopic (exact) mass is 274 g/mol. The van der Waals surface area contributed by atoms with Crippen molar-refractivity contribution in [2.75, 3.05) is 0 Å². The fraction of sp³-hybridized carbons (Fsp3) is 1.00. The van der Waals surface area contributed by atoms with Gasteiger partial charge in [-0.1, -0.05) is 11.6 Å². The number of alkyl halides is 6. The van der Waals surface area contributed by atoms with Crippen LogP contribution in [0.5, 0.6) is 0 Å². The minimum atomic E-state index is -3.73. The van der Waals surface area contributed by atoms with Gasteiger partial charge < -0.3 is 0 Å². The Morgan fingerprint density at radius 2 is 1.25 bits per heavy atom. The van der Waals surface area contributed by atoms with E-state index in [-0.39, 0.29) is 0 Å². The third-order valence-corrected chi connectivity index (χ3v) is 2.36. The summed E-state index contributed by atoms with van der Waals surface area (Å²) in [6.45, 7) is 0. The molecule has 0 aliphatic carbocycles. The molecular formula is C2Br2ClF3. The lowest BCUT2D eigenvalue weighted by atomic mass is 10.8. The fourth-order valence-corrected chi connectivity index (χ4v) is 0. The topological polar surface area (TPSA) is 0 Å². The highest BCUT2D eigenvalue weighted by Crippen LogP contribution is 2.45. The summed E-state index contributed by atoms with van der Waals surface area (Å²) in [5, 5.41) is 0. The quantitative estimate of drug-likeness (QED) is 0.645. The molecule has 0 aromatic rings. The molecule has 1 atom stereocenters. The van der Waals surface area contributed by atoms with E-state index in [2.05, 4.69) is 11.6 Å². The summed E-state index contributed by atoms with van der Waals surface area (Å²) >= 11 is 8.08. The molecule has 0 bridgehead atoms. The minimum Gasteiger partial charge on any atom is -0.205 e. The van der Waals surface area contributed by atoms with Crippen molar-refractivity contribution in [1.29, 1.82) is 0 Å². The molecule has 0 heterocycles. The standard InChI is InChI=1S/C2Br2ClF3/c3-1(5,6)2(4,7)8/t1-/m1/s1. The van der Waals surface area contributed by atoms with E-state index in [4.69, 9.17) is 0 Å². The summed E-state index contributed by atoms with van der Waals surface area (Å²) in [6.07, 6.45) is 0. The molecule has 0 saturated carbocycles. The van der Waals surface area contributed by atoms with Crippen LogP contribution in [0.1, 0.15) is 0 Å². The van der Waals surface area contributed by atoms with Crippen molar-refractivity contribution in [2.24, 2.45) is 0 Å². The second kappa shape index (κ2) is 2.34. The lowest BCUT2D eigenvalue weighted by molar-refractivity contribution is 0.0479. The Labute approximate surface area is 65.6 Å². The average molecular weight is 276 g/mol. The van der Waals surface area contributed by atoms with E-state index in [1.54, 1.807) is 15.9 Å². The first-order valence-electron chi connectivity index (χ1n) is 1.38. The SMILES string of the molecule is FC(F)(Br)[C@](F)(Cl)Br. The molecule has 0 rings (SSSR count). The molecule has 0 N–H and O–H groups in total. The van der Waals surface area contributed by atoms with Crippen molar-refractivity contribution in [3.63, 3.8) is 0 Å². The predicted molar refractivity (Wildman–Crippen MR) is 32.5 cm³/mol. The lowest BCUT2D eigenvalue weighted by Gasteiger charge is -2.14. The van der Waals surface area contributed by atoms with Crippen molar-refractivity contribution < 1.29 is 13.2 Å². The van der Waals surface area contributed by atoms with E-state index in [1.807, 2.05) is 15.9 Å². The number of halogens is 6. The van der Waals surface area contributed by atoms with Crippen molar-refractivity contribution in [2.45, 2.75) is 8.87 Å². The Bertz CT molecular complexity index is 70.3. The van der Waals surface area contributed by atoms with Crippen molar-refractivity contribution in [3.8, 4) is 0 Å². The predicted octanol–water partition coefficient (Wildman–Crippen LogP) is 3.23. The molecular weight excluding hydrogens is 276 g/mol. The molecule has 0 saturated heterocycles. The highest BCUT2D eigenvalue weighted by atomic mass is 79.9. The van der Waals surface area contributed by atoms with Gasteiger partial charge in [0.15, 0.2) is 0 Å². The maximum absolute atomic E-state index is 11.8. The second-order valence-electron chi connectivity index (χ2n) is 0.996. The second-order valence-corrected chi connectivity index (χ2v) is 4.06. The van der Waals surface area contributed by atoms with Crippen LogP contribution in [0.25, 0.3) is 0 Å². The van der Waals surface area contributed by atoms with Gasteiger partial charge in [0.05, 0.1) is 0 Å². The summed E-state index contributed by atoms with van der Waals surface area (Å²) in [6, 6.07) is 0. The number of rotatable bonds is 1. The molecule has 0 unspecified atom stereocenters. The summed E-state index contributed by atoms with van der Waals surface area (Å²) in [4.78, 5) is -3.73. The number of hydrogen-bond donors (Lipinski definition) is 0. The van der Waals surface area contributed by atoms with Gasteiger partial charge in [-0.25, -0.2) is 4.39 Å². The molecule has 0 aromatic carbocycles. The molecule has 8 heavy (non-hydrogen) atoms. The Balaban J connectivity index is 4.02. The Kier molecular flexibility index (Phi) is 2.65. The zero-order valence-electron chi connectivity index (χ0n) is 3.27. The molecule has 0 nitrogen and oxygen atoms in total. The normalized spacial score (nSPS) is 20.2. The molecule has 0 aliphatic rings. The van der Waals surface area contributed by atoms with Gasteiger partial charge in [0.25, 0.3) is 0 Å². The maximum Gasteiger partial charge on any atom is 0.358 e. The molecule has 0 spiro atoms. The van der Waals surface area contributed by atoms with Gasteiger partial charge >= 0.3 is 8.87 Å². The lowest BCUT2D eigenvalue weighted by Crippen LogP contribution is -2.26. The molecule has 0 amide bonds. The maximum atomic E-state index is 11.8. The van der Waals surface area contributed by atoms with Crippen LogP contribution in [0.4, 0.5) is 13.2 Å². The smallest absolute Gasteiger partial charge is 0.205 e. The summed E-state index contributed by atoms with van der Waals surface area (Å²) < 4.78 is 31.8. The highest BCUT2D eigenvalue weighted by molar-refractivity contribution is 9.13. The summed E-state index contributed by atoms with van der Waals surface area (Å²) in [7, 11) is 0. The first kappa shape index (κ1) is 9.04. The molecule has 0 aromatic heterocycles. The van der Waals surface area contributed by atoms with E-state index < -0.39 is 8.87 Å². The molecule has 50 valence electrons. The van der Waals surface area contributed by atoms with Crippen molar-refractivity contribution in [3.05, 3.63) is 0 Å². The van der Waals surface area contributed by atoms with Crippen molar-refractivity contribution in [1.82, 2.24) is 0 Å². The van der Waals surface area contributed by atoms with E-state index in [9.17, 15) is 13.2 Å². The molecule has 0 radical (unpaired) electrons. The van der Waals surface area contributed by atoms with Gasteiger partial charge in [0.1, 0.15) is 0 Å². The summed E-state index contributed by atoms with van der Waals surface area (Å²) in [5.41, 5.74) is 0. The highest BCUT2D eigenvalue weighted by Gasteiger charge is 2.49. The van der Waals surface area contributed by atoms with E-state index in [0.29, 0.717) is 0 Å². The third-order valence-electron chi connectivity index (χ3n) is 0.321. The van der Waals surface area contributed by atoms with Gasteiger partial charge in [-0.05, 0) is 31.9 Å². The third kappa shape index (κ3) is 2.55.